The van der Waals surface area contributed by atoms with Gasteiger partial charge in [0, 0.05) is 12.2 Å². The number of carbonyl (C=O) groups is 1. The molecule has 0 aromatic carbocycles. The molecular weight excluding hydrogens is 408 g/mol. The second-order valence-corrected chi connectivity index (χ2v) is 8.08. The summed E-state index contributed by atoms with van der Waals surface area (Å²) >= 11 is 1.67. The quantitative estimate of drug-likeness (QED) is 0.113. The first kappa shape index (κ1) is 27.8. The van der Waals surface area contributed by atoms with Gasteiger partial charge in [0.1, 0.15) is 0 Å². The SMILES string of the molecule is CC/C=C(/C/C=C/C/C=C(/CCCCCCCCSCCC(=O)O)[N+](=O)[O-])[N+](=O)[O-]. The summed E-state index contributed by atoms with van der Waals surface area (Å²) in [6.07, 6.45) is 14.4. The predicted molar refractivity (Wildman–Crippen MR) is 121 cm³/mol. The topological polar surface area (TPSA) is 124 Å². The van der Waals surface area contributed by atoms with Gasteiger partial charge in [0.25, 0.3) is 0 Å². The van der Waals surface area contributed by atoms with Crippen LogP contribution in [0, 0.1) is 20.2 Å². The molecular formula is C21H34N2O6S. The van der Waals surface area contributed by atoms with Crippen molar-refractivity contribution in [3.63, 3.8) is 0 Å². The van der Waals surface area contributed by atoms with E-state index >= 15 is 0 Å². The van der Waals surface area contributed by atoms with Crippen molar-refractivity contribution >= 4 is 17.7 Å². The molecule has 8 nitrogen and oxygen atoms in total. The Bertz CT molecular complexity index is 617. The Hall–Kier alpha value is -2.16. The summed E-state index contributed by atoms with van der Waals surface area (Å²) in [4.78, 5) is 31.6. The number of unbranched alkanes of at least 4 members (excludes halogenated alkanes) is 5. The molecule has 0 rings (SSSR count). The van der Waals surface area contributed by atoms with Crippen LogP contribution in [0.1, 0.15) is 77.6 Å². The zero-order valence-corrected chi connectivity index (χ0v) is 18.6. The van der Waals surface area contributed by atoms with Crippen LogP contribution in [0.5, 0.6) is 0 Å². The Balaban J connectivity index is 3.95. The van der Waals surface area contributed by atoms with Gasteiger partial charge in [0.05, 0.1) is 22.7 Å². The molecule has 0 fully saturated rings. The minimum atomic E-state index is -0.755. The normalized spacial score (nSPS) is 12.4. The molecule has 0 spiro atoms. The van der Waals surface area contributed by atoms with Crippen molar-refractivity contribution in [1.82, 2.24) is 0 Å². The van der Waals surface area contributed by atoms with Gasteiger partial charge in [-0.3, -0.25) is 25.0 Å². The van der Waals surface area contributed by atoms with Gasteiger partial charge in [-0.05, 0) is 43.6 Å². The molecule has 0 aliphatic carbocycles. The molecule has 0 aromatic heterocycles. The number of rotatable bonds is 19. The first-order valence-electron chi connectivity index (χ1n) is 10.5. The fourth-order valence-electron chi connectivity index (χ4n) is 2.72. The number of nitrogens with zero attached hydrogens (tertiary/aromatic N) is 2. The summed E-state index contributed by atoms with van der Waals surface area (Å²) in [5.41, 5.74) is 0.346. The number of carboxylic acid groups (broad SMARTS) is 1. The number of allylic oxidation sites excluding steroid dienone is 5. The highest BCUT2D eigenvalue weighted by Gasteiger charge is 2.09. The summed E-state index contributed by atoms with van der Waals surface area (Å²) < 4.78 is 0. The molecule has 30 heavy (non-hydrogen) atoms. The minimum Gasteiger partial charge on any atom is -0.481 e. The fraction of sp³-hybridized carbons (Fsp3) is 0.667. The maximum atomic E-state index is 11.2. The van der Waals surface area contributed by atoms with E-state index < -0.39 is 10.9 Å². The lowest BCUT2D eigenvalue weighted by molar-refractivity contribution is -0.428. The summed E-state index contributed by atoms with van der Waals surface area (Å²) in [6, 6.07) is 0. The van der Waals surface area contributed by atoms with Crippen molar-refractivity contribution in [3.05, 3.63) is 55.9 Å². The van der Waals surface area contributed by atoms with E-state index in [0.717, 1.165) is 44.3 Å². The van der Waals surface area contributed by atoms with Crippen molar-refractivity contribution in [3.8, 4) is 0 Å². The van der Waals surface area contributed by atoms with E-state index in [9.17, 15) is 25.0 Å². The fourth-order valence-corrected chi connectivity index (χ4v) is 3.65. The Kier molecular flexibility index (Phi) is 17.5. The third kappa shape index (κ3) is 16.8. The van der Waals surface area contributed by atoms with Crippen molar-refractivity contribution < 1.29 is 19.7 Å². The number of aliphatic carboxylic acids is 1. The molecule has 0 aliphatic rings. The second-order valence-electron chi connectivity index (χ2n) is 6.85. The Morgan fingerprint density at radius 3 is 2.10 bits per heavy atom. The van der Waals surface area contributed by atoms with Gasteiger partial charge in [-0.2, -0.15) is 11.8 Å². The van der Waals surface area contributed by atoms with Gasteiger partial charge in [0.15, 0.2) is 0 Å². The Labute approximate surface area is 182 Å². The summed E-state index contributed by atoms with van der Waals surface area (Å²) in [5.74, 6) is 0.883. The van der Waals surface area contributed by atoms with Crippen LogP contribution in [-0.4, -0.2) is 32.4 Å². The lowest BCUT2D eigenvalue weighted by atomic mass is 10.1. The van der Waals surface area contributed by atoms with Crippen LogP contribution < -0.4 is 0 Å². The van der Waals surface area contributed by atoms with Crippen molar-refractivity contribution in [2.75, 3.05) is 11.5 Å². The maximum absolute atomic E-state index is 11.2. The number of carboxylic acids is 1. The molecule has 0 unspecified atom stereocenters. The maximum Gasteiger partial charge on any atom is 0.304 e. The van der Waals surface area contributed by atoms with Crippen molar-refractivity contribution in [2.24, 2.45) is 0 Å². The van der Waals surface area contributed by atoms with Crippen LogP contribution in [0.3, 0.4) is 0 Å². The third-order valence-corrected chi connectivity index (χ3v) is 5.39. The van der Waals surface area contributed by atoms with Crippen molar-refractivity contribution in [2.45, 2.75) is 77.6 Å². The lowest BCUT2D eigenvalue weighted by Gasteiger charge is -2.02. The number of thioether (sulfide) groups is 1. The van der Waals surface area contributed by atoms with Crippen LogP contribution in [-0.2, 0) is 4.79 Å². The molecule has 0 atom stereocenters. The number of nitro groups is 2. The van der Waals surface area contributed by atoms with Gasteiger partial charge in [-0.15, -0.1) is 0 Å². The highest BCUT2D eigenvalue weighted by Crippen LogP contribution is 2.15. The monoisotopic (exact) mass is 442 g/mol. The summed E-state index contributed by atoms with van der Waals surface area (Å²) in [7, 11) is 0. The highest BCUT2D eigenvalue weighted by molar-refractivity contribution is 7.99. The molecule has 0 aliphatic heterocycles. The van der Waals surface area contributed by atoms with E-state index in [-0.39, 0.29) is 29.2 Å². The average Bonchev–Trinajstić information content (AvgIpc) is 2.68. The van der Waals surface area contributed by atoms with Gasteiger partial charge in [-0.1, -0.05) is 44.8 Å². The molecule has 0 saturated heterocycles. The minimum absolute atomic E-state index is 0.145. The van der Waals surface area contributed by atoms with E-state index in [1.54, 1.807) is 36.1 Å². The van der Waals surface area contributed by atoms with E-state index in [1.165, 1.54) is 0 Å². The van der Waals surface area contributed by atoms with Gasteiger partial charge in [-0.25, -0.2) is 0 Å². The second kappa shape index (κ2) is 18.8. The number of hydrogen-bond donors (Lipinski definition) is 1. The van der Waals surface area contributed by atoms with E-state index in [0.29, 0.717) is 25.0 Å². The molecule has 0 amide bonds. The van der Waals surface area contributed by atoms with E-state index in [2.05, 4.69) is 0 Å². The molecule has 0 radical (unpaired) electrons. The predicted octanol–water partition coefficient (Wildman–Crippen LogP) is 5.99. The van der Waals surface area contributed by atoms with Crippen LogP contribution in [0.25, 0.3) is 0 Å². The molecule has 0 heterocycles. The summed E-state index contributed by atoms with van der Waals surface area (Å²) in [6.45, 7) is 1.84. The van der Waals surface area contributed by atoms with Gasteiger partial charge < -0.3 is 5.11 Å². The van der Waals surface area contributed by atoms with Gasteiger partial charge in [0.2, 0.25) is 11.4 Å². The highest BCUT2D eigenvalue weighted by atomic mass is 32.2. The lowest BCUT2D eigenvalue weighted by Crippen LogP contribution is -1.99. The third-order valence-electron chi connectivity index (χ3n) is 4.32. The Morgan fingerprint density at radius 2 is 1.50 bits per heavy atom. The average molecular weight is 443 g/mol. The molecule has 0 aromatic rings. The smallest absolute Gasteiger partial charge is 0.304 e. The van der Waals surface area contributed by atoms with Gasteiger partial charge >= 0.3 is 5.97 Å². The van der Waals surface area contributed by atoms with Crippen molar-refractivity contribution in [1.29, 1.82) is 0 Å². The largest absolute Gasteiger partial charge is 0.481 e. The molecule has 0 bridgehead atoms. The van der Waals surface area contributed by atoms with Crippen LogP contribution in [0.15, 0.2) is 35.7 Å². The summed E-state index contributed by atoms with van der Waals surface area (Å²) in [5, 5.41) is 30.5. The Morgan fingerprint density at radius 1 is 0.867 bits per heavy atom. The van der Waals surface area contributed by atoms with Crippen LogP contribution >= 0.6 is 11.8 Å². The molecule has 9 heteroatoms. The van der Waals surface area contributed by atoms with E-state index in [4.69, 9.17) is 5.11 Å². The molecule has 170 valence electrons. The number of hydrogen-bond acceptors (Lipinski definition) is 6. The van der Waals surface area contributed by atoms with E-state index in [1.807, 2.05) is 6.92 Å². The zero-order chi connectivity index (χ0) is 22.6. The van der Waals surface area contributed by atoms with Crippen LogP contribution in [0.2, 0.25) is 0 Å². The van der Waals surface area contributed by atoms with Crippen LogP contribution in [0.4, 0.5) is 0 Å². The standard InChI is InChI=1S/C21H34N2O6S/c1-2-12-19(22(26)27)13-9-7-10-15-20(23(28)29)14-8-5-3-4-6-11-17-30-18-16-21(24)25/h7,9,12,15H,2-6,8,10-11,13-14,16-18H2,1H3,(H,24,25)/b9-7+,19-12-,20-15-. The molecule has 0 saturated carbocycles. The first-order chi connectivity index (χ1) is 14.4. The zero-order valence-electron chi connectivity index (χ0n) is 17.8. The first-order valence-corrected chi connectivity index (χ1v) is 11.6. The molecule has 1 N–H and O–H groups in total.